The zero-order valence-corrected chi connectivity index (χ0v) is 24.1. The van der Waals surface area contributed by atoms with Gasteiger partial charge in [0.1, 0.15) is 17.4 Å². The van der Waals surface area contributed by atoms with Crippen molar-refractivity contribution in [2.75, 3.05) is 34.3 Å². The van der Waals surface area contributed by atoms with Gasteiger partial charge in [0.15, 0.2) is 23.0 Å². The van der Waals surface area contributed by atoms with E-state index in [2.05, 4.69) is 11.8 Å². The summed E-state index contributed by atoms with van der Waals surface area (Å²) in [6, 6.07) is 0.534. The molecule has 2 saturated carbocycles. The van der Waals surface area contributed by atoms with E-state index in [0.29, 0.717) is 11.3 Å². The lowest BCUT2D eigenvalue weighted by Crippen LogP contribution is -2.73. The quantitative estimate of drug-likeness (QED) is 0.368. The Bertz CT molecular complexity index is 1320. The number of nitrogens with one attached hydrogen (secondary N) is 1. The molecule has 3 fully saturated rings. The third-order valence-corrected chi connectivity index (χ3v) is 9.79. The molecule has 0 radical (unpaired) electrons. The van der Waals surface area contributed by atoms with E-state index >= 15 is 0 Å². The van der Waals surface area contributed by atoms with Crippen LogP contribution in [-0.4, -0.2) is 94.9 Å². The van der Waals surface area contributed by atoms with E-state index in [-0.39, 0.29) is 30.2 Å². The molecular weight excluding hydrogens is 528 g/mol. The van der Waals surface area contributed by atoms with Gasteiger partial charge in [0.05, 0.1) is 30.3 Å². The number of likely N-dealkylation sites (N-methyl/N-ethyl adjacent to an activating group) is 1. The van der Waals surface area contributed by atoms with Crippen molar-refractivity contribution in [1.82, 2.24) is 9.80 Å². The smallest absolute Gasteiger partial charge is 0.233 e. The number of piperidine rings is 1. The normalized spacial score (nSPS) is 33.8. The van der Waals surface area contributed by atoms with E-state index in [1.807, 2.05) is 0 Å². The number of Topliss-reactive ketones (excluding diaryl/α,β-unsaturated/α-hetero) is 3. The van der Waals surface area contributed by atoms with Crippen LogP contribution in [0.15, 0.2) is 6.07 Å². The fourth-order valence-corrected chi connectivity index (χ4v) is 8.12. The van der Waals surface area contributed by atoms with Gasteiger partial charge < -0.3 is 26.1 Å². The van der Waals surface area contributed by atoms with E-state index in [4.69, 9.17) is 15.9 Å². The molecule has 11 heteroatoms. The summed E-state index contributed by atoms with van der Waals surface area (Å²) in [6.07, 6.45) is 4.28. The molecule has 1 aromatic carbocycles. The van der Waals surface area contributed by atoms with Crippen molar-refractivity contribution in [2.24, 2.45) is 29.4 Å². The monoisotopic (exact) mass is 568 g/mol. The minimum Gasteiger partial charge on any atom is -0.507 e. The van der Waals surface area contributed by atoms with Crippen molar-refractivity contribution >= 4 is 29.0 Å². The predicted octanol–water partition coefficient (Wildman–Crippen LogP) is 1.26. The summed E-state index contributed by atoms with van der Waals surface area (Å²) in [5.74, 6) is -7.80. The predicted molar refractivity (Wildman–Crippen MR) is 149 cm³/mol. The van der Waals surface area contributed by atoms with Crippen molar-refractivity contribution in [1.29, 1.82) is 5.41 Å². The number of carbonyl (C=O) groups is 4. The lowest BCUT2D eigenvalue weighted by Gasteiger charge is -2.53. The van der Waals surface area contributed by atoms with Crippen LogP contribution in [0.4, 0.5) is 0 Å². The second-order valence-electron chi connectivity index (χ2n) is 12.3. The number of ketones is 3. The van der Waals surface area contributed by atoms with Crippen LogP contribution in [0.2, 0.25) is 0 Å². The first-order chi connectivity index (χ1) is 19.4. The molecule has 1 amide bonds. The summed E-state index contributed by atoms with van der Waals surface area (Å²) in [6.45, 7) is 3.94. The van der Waals surface area contributed by atoms with Gasteiger partial charge in [-0.15, -0.1) is 0 Å². The Morgan fingerprint density at radius 3 is 2.59 bits per heavy atom. The van der Waals surface area contributed by atoms with Gasteiger partial charge >= 0.3 is 0 Å². The van der Waals surface area contributed by atoms with E-state index in [0.717, 1.165) is 44.3 Å². The van der Waals surface area contributed by atoms with Crippen LogP contribution in [0.3, 0.4) is 0 Å². The fourth-order valence-electron chi connectivity index (χ4n) is 8.12. The highest BCUT2D eigenvalue weighted by atomic mass is 16.5. The number of likely N-dealkylation sites (tertiary alicyclic amines) is 1. The number of nitrogens with two attached hydrogens (primary N) is 1. The molecule has 1 aromatic rings. The first-order valence-electron chi connectivity index (χ1n) is 14.5. The number of carbonyl (C=O) groups excluding carboxylic acids is 4. The van der Waals surface area contributed by atoms with Crippen LogP contribution < -0.4 is 10.5 Å². The van der Waals surface area contributed by atoms with Gasteiger partial charge in [-0.2, -0.15) is 0 Å². The van der Waals surface area contributed by atoms with Crippen LogP contribution in [0.5, 0.6) is 11.5 Å². The van der Waals surface area contributed by atoms with Gasteiger partial charge in [-0.05, 0) is 71.3 Å². The van der Waals surface area contributed by atoms with Crippen LogP contribution in [0.25, 0.3) is 0 Å². The summed E-state index contributed by atoms with van der Waals surface area (Å²) < 4.78 is 5.92. The maximum Gasteiger partial charge on any atom is 0.233 e. The standard InChI is InChI=1S/C30H40N4O7/c1-5-9-34-10-7-6-8-18(34)15-13-19(35)21-16(26(15)41-4)11-14-12-17-23(33(2)3)25(37)22(29(32)39)27(31)30(17,40)28(38)20(14)24(21)36/h13-14,17-18,20,22-23,31,35,40H,5-12H2,1-4H3,(H2,32,39). The van der Waals surface area contributed by atoms with Crippen LogP contribution in [0, 0.1) is 29.1 Å². The summed E-state index contributed by atoms with van der Waals surface area (Å²) in [4.78, 5) is 57.6. The molecule has 4 aliphatic rings. The second kappa shape index (κ2) is 10.6. The number of ether oxygens (including phenoxy) is 1. The van der Waals surface area contributed by atoms with Crippen LogP contribution in [0.1, 0.15) is 66.6 Å². The Morgan fingerprint density at radius 2 is 1.98 bits per heavy atom. The molecule has 0 aromatic heterocycles. The second-order valence-corrected chi connectivity index (χ2v) is 12.3. The molecule has 222 valence electrons. The van der Waals surface area contributed by atoms with Crippen molar-refractivity contribution in [2.45, 2.75) is 63.1 Å². The van der Waals surface area contributed by atoms with E-state index < -0.39 is 64.3 Å². The third-order valence-electron chi connectivity index (χ3n) is 9.79. The maximum absolute atomic E-state index is 14.1. The number of methoxy groups -OCH3 is 1. The fraction of sp³-hybridized carbons (Fsp3) is 0.633. The van der Waals surface area contributed by atoms with E-state index in [9.17, 15) is 29.4 Å². The lowest BCUT2D eigenvalue weighted by atomic mass is 9.52. The average Bonchev–Trinajstić information content (AvgIpc) is 2.90. The minimum absolute atomic E-state index is 0.00544. The minimum atomic E-state index is -2.51. The molecule has 3 aliphatic carbocycles. The molecule has 41 heavy (non-hydrogen) atoms. The number of hydrogen-bond acceptors (Lipinski definition) is 10. The molecule has 7 unspecified atom stereocenters. The summed E-state index contributed by atoms with van der Waals surface area (Å²) >= 11 is 0. The molecule has 1 aliphatic heterocycles. The van der Waals surface area contributed by atoms with E-state index in [1.54, 1.807) is 20.2 Å². The van der Waals surface area contributed by atoms with Gasteiger partial charge in [0.25, 0.3) is 0 Å². The Morgan fingerprint density at radius 1 is 1.27 bits per heavy atom. The largest absolute Gasteiger partial charge is 0.507 e. The molecule has 5 rings (SSSR count). The summed E-state index contributed by atoms with van der Waals surface area (Å²) in [7, 11) is 4.75. The van der Waals surface area contributed by atoms with Gasteiger partial charge in [0, 0.05) is 23.1 Å². The number of rotatable bonds is 6. The molecule has 0 spiro atoms. The molecule has 1 heterocycles. The molecule has 5 N–H and O–H groups in total. The third kappa shape index (κ3) is 4.23. The van der Waals surface area contributed by atoms with Crippen molar-refractivity contribution in [3.05, 3.63) is 22.8 Å². The number of phenols is 1. The van der Waals surface area contributed by atoms with Gasteiger partial charge in [0.2, 0.25) is 5.91 Å². The number of aliphatic hydroxyl groups is 1. The Kier molecular flexibility index (Phi) is 7.59. The number of aromatic hydroxyl groups is 1. The Hall–Kier alpha value is -3.15. The van der Waals surface area contributed by atoms with E-state index in [1.165, 1.54) is 12.0 Å². The van der Waals surface area contributed by atoms with Crippen molar-refractivity contribution < 1.29 is 34.1 Å². The van der Waals surface area contributed by atoms with Gasteiger partial charge in [-0.25, -0.2) is 0 Å². The average molecular weight is 569 g/mol. The topological polar surface area (TPSA) is 174 Å². The Balaban J connectivity index is 1.62. The first kappa shape index (κ1) is 29.3. The summed E-state index contributed by atoms with van der Waals surface area (Å²) in [5.41, 5.74) is 3.51. The first-order valence-corrected chi connectivity index (χ1v) is 14.5. The molecule has 7 atom stereocenters. The van der Waals surface area contributed by atoms with Gasteiger partial charge in [-0.1, -0.05) is 13.3 Å². The highest BCUT2D eigenvalue weighted by Crippen LogP contribution is 2.53. The number of fused-ring (bicyclic) bond motifs is 3. The number of amides is 1. The lowest BCUT2D eigenvalue weighted by molar-refractivity contribution is -0.157. The van der Waals surface area contributed by atoms with Crippen LogP contribution >= 0.6 is 0 Å². The zero-order chi connectivity index (χ0) is 30.0. The highest BCUT2D eigenvalue weighted by Gasteiger charge is 2.67. The zero-order valence-electron chi connectivity index (χ0n) is 24.1. The van der Waals surface area contributed by atoms with Crippen molar-refractivity contribution in [3.8, 4) is 11.5 Å². The molecule has 0 bridgehead atoms. The van der Waals surface area contributed by atoms with Gasteiger partial charge in [-0.3, -0.25) is 29.0 Å². The molecular formula is C30H40N4O7. The maximum atomic E-state index is 14.1. The SMILES string of the molecule is CCCN1CCCCC1c1cc(O)c2c(c1OC)CC1CC3C(N(C)C)C(=O)C(C(N)=O)C(=N)C3(O)C(=O)C1C2=O. The molecule has 11 nitrogen and oxygen atoms in total. The molecule has 1 saturated heterocycles. The number of primary amides is 1. The number of nitrogens with zero attached hydrogens (tertiary/aromatic N) is 2. The summed E-state index contributed by atoms with van der Waals surface area (Å²) in [5, 5.41) is 31.7. The number of hydrogen-bond donors (Lipinski definition) is 4. The highest BCUT2D eigenvalue weighted by molar-refractivity contribution is 6.33. The van der Waals surface area contributed by atoms with Crippen molar-refractivity contribution in [3.63, 3.8) is 0 Å². The Labute approximate surface area is 239 Å². The number of benzene rings is 1. The van der Waals surface area contributed by atoms with Crippen LogP contribution in [-0.2, 0) is 20.8 Å². The number of phenolic OH excluding ortho intramolecular Hbond substituents is 1.